The van der Waals surface area contributed by atoms with E-state index in [4.69, 9.17) is 11.6 Å². The van der Waals surface area contributed by atoms with Crippen molar-refractivity contribution < 1.29 is 0 Å². The van der Waals surface area contributed by atoms with Crippen LogP contribution in [0.1, 0.15) is 51.8 Å². The molecule has 0 amide bonds. The molecule has 0 saturated heterocycles. The van der Waals surface area contributed by atoms with Crippen molar-refractivity contribution in [3.8, 4) is 0 Å². The summed E-state index contributed by atoms with van der Waals surface area (Å²) in [7, 11) is 0. The zero-order valence-corrected chi connectivity index (χ0v) is 11.5. The number of aromatic nitrogens is 2. The van der Waals surface area contributed by atoms with Crippen molar-refractivity contribution in [2.45, 2.75) is 52.0 Å². The smallest absolute Gasteiger partial charge is 0.135 e. The summed E-state index contributed by atoms with van der Waals surface area (Å²) in [5.41, 5.74) is 0. The van der Waals surface area contributed by atoms with E-state index in [0.29, 0.717) is 23.0 Å². The van der Waals surface area contributed by atoms with Crippen molar-refractivity contribution >= 4 is 17.4 Å². The van der Waals surface area contributed by atoms with Crippen LogP contribution in [0.3, 0.4) is 0 Å². The normalized spacial score (nSPS) is 18.8. The molecule has 3 nitrogen and oxygen atoms in total. The van der Waals surface area contributed by atoms with E-state index in [1.165, 1.54) is 12.8 Å². The third-order valence-electron chi connectivity index (χ3n) is 3.53. The van der Waals surface area contributed by atoms with Gasteiger partial charge in [0.05, 0.1) is 0 Å². The van der Waals surface area contributed by atoms with Crippen LogP contribution in [-0.2, 0) is 0 Å². The molecule has 94 valence electrons. The van der Waals surface area contributed by atoms with Gasteiger partial charge in [-0.1, -0.05) is 31.9 Å². The van der Waals surface area contributed by atoms with Crippen LogP contribution in [-0.4, -0.2) is 16.0 Å². The first kappa shape index (κ1) is 12.6. The van der Waals surface area contributed by atoms with Gasteiger partial charge in [-0.05, 0) is 25.7 Å². The van der Waals surface area contributed by atoms with E-state index in [-0.39, 0.29) is 0 Å². The maximum absolute atomic E-state index is 6.03. The zero-order chi connectivity index (χ0) is 12.4. The first-order chi connectivity index (χ1) is 8.10. The summed E-state index contributed by atoms with van der Waals surface area (Å²) in [5, 5.41) is 3.96. The largest absolute Gasteiger partial charge is 0.367 e. The van der Waals surface area contributed by atoms with E-state index >= 15 is 0 Å². The van der Waals surface area contributed by atoms with Crippen LogP contribution in [0.15, 0.2) is 6.07 Å². The summed E-state index contributed by atoms with van der Waals surface area (Å²) in [5.74, 6) is 2.91. The van der Waals surface area contributed by atoms with Crippen molar-refractivity contribution in [1.29, 1.82) is 0 Å². The third kappa shape index (κ3) is 3.32. The number of hydrogen-bond donors (Lipinski definition) is 1. The number of rotatable bonds is 5. The molecule has 0 radical (unpaired) electrons. The molecule has 2 unspecified atom stereocenters. The Morgan fingerprint density at radius 1 is 1.41 bits per heavy atom. The molecule has 1 saturated carbocycles. The monoisotopic (exact) mass is 253 g/mol. The van der Waals surface area contributed by atoms with Gasteiger partial charge in [-0.15, -0.1) is 0 Å². The maximum Gasteiger partial charge on any atom is 0.135 e. The van der Waals surface area contributed by atoms with Gasteiger partial charge in [-0.3, -0.25) is 0 Å². The molecule has 0 aliphatic heterocycles. The highest BCUT2D eigenvalue weighted by Gasteiger charge is 2.27. The van der Waals surface area contributed by atoms with Crippen molar-refractivity contribution in [1.82, 2.24) is 9.97 Å². The van der Waals surface area contributed by atoms with E-state index in [0.717, 1.165) is 18.1 Å². The molecule has 0 aromatic carbocycles. The van der Waals surface area contributed by atoms with Gasteiger partial charge in [0.2, 0.25) is 0 Å². The third-order valence-corrected chi connectivity index (χ3v) is 3.72. The minimum Gasteiger partial charge on any atom is -0.367 e. The highest BCUT2D eigenvalue weighted by Crippen LogP contribution is 2.38. The molecule has 2 atom stereocenters. The van der Waals surface area contributed by atoms with E-state index in [2.05, 4.69) is 36.1 Å². The fraction of sp³-hybridized carbons (Fsp3) is 0.692. The zero-order valence-electron chi connectivity index (χ0n) is 10.7. The Balaban J connectivity index is 2.09. The number of nitrogens with zero attached hydrogens (tertiary/aromatic N) is 2. The Hall–Kier alpha value is -0.830. The van der Waals surface area contributed by atoms with Crippen LogP contribution < -0.4 is 5.32 Å². The van der Waals surface area contributed by atoms with Gasteiger partial charge in [0, 0.05) is 18.0 Å². The number of halogens is 1. The second-order valence-electron chi connectivity index (χ2n) is 5.03. The average molecular weight is 254 g/mol. The topological polar surface area (TPSA) is 37.8 Å². The summed E-state index contributed by atoms with van der Waals surface area (Å²) in [6.07, 6.45) is 3.55. The van der Waals surface area contributed by atoms with Gasteiger partial charge in [-0.2, -0.15) is 0 Å². The van der Waals surface area contributed by atoms with E-state index in [1.54, 1.807) is 0 Å². The van der Waals surface area contributed by atoms with Crippen LogP contribution in [0, 0.1) is 5.92 Å². The number of anilines is 1. The SMILES string of the molecule is CCC(C)C(C)Nc1cc(Cl)nc(C2CC2)n1. The quantitative estimate of drug-likeness (QED) is 0.810. The summed E-state index contributed by atoms with van der Waals surface area (Å²) in [6, 6.07) is 2.21. The summed E-state index contributed by atoms with van der Waals surface area (Å²) in [4.78, 5) is 8.83. The lowest BCUT2D eigenvalue weighted by molar-refractivity contribution is 0.493. The molecule has 1 aromatic heterocycles. The standard InChI is InChI=1S/C13H20ClN3/c1-4-8(2)9(3)15-12-7-11(14)16-13(17-12)10-5-6-10/h7-10H,4-6H2,1-3H3,(H,15,16,17). The molecular weight excluding hydrogens is 234 g/mol. The molecule has 0 spiro atoms. The minimum atomic E-state index is 0.401. The lowest BCUT2D eigenvalue weighted by Crippen LogP contribution is -2.24. The van der Waals surface area contributed by atoms with Crippen molar-refractivity contribution in [2.75, 3.05) is 5.32 Å². The second-order valence-corrected chi connectivity index (χ2v) is 5.41. The highest BCUT2D eigenvalue weighted by atomic mass is 35.5. The molecule has 4 heteroatoms. The van der Waals surface area contributed by atoms with E-state index in [9.17, 15) is 0 Å². The summed E-state index contributed by atoms with van der Waals surface area (Å²) in [6.45, 7) is 6.62. The number of hydrogen-bond acceptors (Lipinski definition) is 3. The molecule has 0 bridgehead atoms. The first-order valence-electron chi connectivity index (χ1n) is 6.41. The number of nitrogens with one attached hydrogen (secondary N) is 1. The van der Waals surface area contributed by atoms with E-state index < -0.39 is 0 Å². The maximum atomic E-state index is 6.03. The second kappa shape index (κ2) is 5.21. The molecule has 1 aliphatic rings. The molecule has 1 aliphatic carbocycles. The van der Waals surface area contributed by atoms with Crippen molar-refractivity contribution in [2.24, 2.45) is 5.92 Å². The Morgan fingerprint density at radius 3 is 2.71 bits per heavy atom. The van der Waals surface area contributed by atoms with Crippen LogP contribution >= 0.6 is 11.6 Å². The van der Waals surface area contributed by atoms with Crippen LogP contribution in [0.4, 0.5) is 5.82 Å². The van der Waals surface area contributed by atoms with Gasteiger partial charge < -0.3 is 5.32 Å². The van der Waals surface area contributed by atoms with Gasteiger partial charge in [-0.25, -0.2) is 9.97 Å². The van der Waals surface area contributed by atoms with Crippen LogP contribution in [0.2, 0.25) is 5.15 Å². The molecule has 1 aromatic rings. The fourth-order valence-corrected chi connectivity index (χ4v) is 1.95. The summed E-state index contributed by atoms with van der Waals surface area (Å²) < 4.78 is 0. The van der Waals surface area contributed by atoms with Gasteiger partial charge in [0.1, 0.15) is 16.8 Å². The van der Waals surface area contributed by atoms with Crippen LogP contribution in [0.25, 0.3) is 0 Å². The first-order valence-corrected chi connectivity index (χ1v) is 6.79. The molecule has 1 N–H and O–H groups in total. The minimum absolute atomic E-state index is 0.401. The predicted molar refractivity (Wildman–Crippen MR) is 71.6 cm³/mol. The van der Waals surface area contributed by atoms with Crippen LogP contribution in [0.5, 0.6) is 0 Å². The van der Waals surface area contributed by atoms with Gasteiger partial charge >= 0.3 is 0 Å². The van der Waals surface area contributed by atoms with Crippen molar-refractivity contribution in [3.63, 3.8) is 0 Å². The molecule has 1 fully saturated rings. The molecular formula is C13H20ClN3. The lowest BCUT2D eigenvalue weighted by atomic mass is 10.0. The Bertz CT molecular complexity index is 390. The Morgan fingerprint density at radius 2 is 2.12 bits per heavy atom. The van der Waals surface area contributed by atoms with Gasteiger partial charge in [0.25, 0.3) is 0 Å². The summed E-state index contributed by atoms with van der Waals surface area (Å²) >= 11 is 6.03. The van der Waals surface area contributed by atoms with Crippen molar-refractivity contribution in [3.05, 3.63) is 17.0 Å². The lowest BCUT2D eigenvalue weighted by Gasteiger charge is -2.20. The predicted octanol–water partition coefficient (Wildman–Crippen LogP) is 3.85. The van der Waals surface area contributed by atoms with E-state index in [1.807, 2.05) is 6.07 Å². The molecule has 2 rings (SSSR count). The molecule has 1 heterocycles. The fourth-order valence-electron chi connectivity index (χ4n) is 1.76. The Labute approximate surface area is 108 Å². The highest BCUT2D eigenvalue weighted by molar-refractivity contribution is 6.29. The Kier molecular flexibility index (Phi) is 3.87. The van der Waals surface area contributed by atoms with Gasteiger partial charge in [0.15, 0.2) is 0 Å². The molecule has 17 heavy (non-hydrogen) atoms. The average Bonchev–Trinajstić information content (AvgIpc) is 3.10.